The summed E-state index contributed by atoms with van der Waals surface area (Å²) in [5.74, 6) is 5.74. The molecule has 0 bridgehead atoms. The number of aromatic nitrogens is 11. The Bertz CT molecular complexity index is 7400. The normalized spacial score (nSPS) is 11.4. The molecule has 13 heteroatoms. The number of fused-ring (bicyclic) bond motifs is 8. The van der Waals surface area contributed by atoms with Crippen molar-refractivity contribution in [3.8, 4) is 158 Å². The van der Waals surface area contributed by atoms with Crippen LogP contribution in [-0.2, 0) is 0 Å². The summed E-state index contributed by atoms with van der Waals surface area (Å²) in [7, 11) is 0. The fourth-order valence-electron chi connectivity index (χ4n) is 15.6. The minimum Gasteiger partial charge on any atom is -0.208 e. The quantitative estimate of drug-likeness (QED) is 0.103. The van der Waals surface area contributed by atoms with Crippen LogP contribution in [0.5, 0.6) is 0 Å². The van der Waals surface area contributed by atoms with Crippen molar-refractivity contribution in [2.24, 2.45) is 0 Å². The van der Waals surface area contributed by atoms with E-state index in [1.165, 1.54) is 45.9 Å². The van der Waals surface area contributed by atoms with Crippen LogP contribution in [0.15, 0.2) is 394 Å². The highest BCUT2D eigenvalue weighted by atomic mass is 32.1. The van der Waals surface area contributed by atoms with Gasteiger partial charge < -0.3 is 0 Å². The molecule has 6 aromatic heterocycles. The lowest BCUT2D eigenvalue weighted by Gasteiger charge is -2.13. The van der Waals surface area contributed by atoms with Crippen LogP contribution in [-0.4, -0.2) is 55.1 Å². The first-order valence-corrected chi connectivity index (χ1v) is 40.7. The Labute approximate surface area is 687 Å². The third-order valence-corrected chi connectivity index (χ3v) is 23.9. The Hall–Kier alpha value is -15.4. The van der Waals surface area contributed by atoms with Crippen molar-refractivity contribution in [2.75, 3.05) is 0 Å². The van der Waals surface area contributed by atoms with Gasteiger partial charge in [0, 0.05) is 102 Å². The average Bonchev–Trinajstić information content (AvgIpc) is 1.63. The van der Waals surface area contributed by atoms with Crippen molar-refractivity contribution in [1.29, 1.82) is 0 Å². The number of hydrogen-bond acceptors (Lipinski definition) is 13. The molecule has 0 aliphatic heterocycles. The van der Waals surface area contributed by atoms with Crippen LogP contribution in [0, 0.1) is 0 Å². The van der Waals surface area contributed by atoms with Gasteiger partial charge in [-0.3, -0.25) is 0 Å². The Morgan fingerprint density at radius 3 is 0.975 bits per heavy atom. The summed E-state index contributed by atoms with van der Waals surface area (Å²) in [6.45, 7) is 0. The van der Waals surface area contributed by atoms with Crippen molar-refractivity contribution < 1.29 is 0 Å². The maximum Gasteiger partial charge on any atom is 0.164 e. The van der Waals surface area contributed by atoms with Gasteiger partial charge in [-0.2, -0.15) is 0 Å². The zero-order chi connectivity index (χ0) is 78.2. The predicted molar refractivity (Wildman–Crippen MR) is 486 cm³/mol. The second-order valence-corrected chi connectivity index (χ2v) is 30.9. The molecule has 0 saturated carbocycles. The van der Waals surface area contributed by atoms with E-state index in [0.717, 1.165) is 122 Å². The summed E-state index contributed by atoms with van der Waals surface area (Å²) in [4.78, 5) is 45.6. The zero-order valence-electron chi connectivity index (χ0n) is 63.3. The molecule has 0 atom stereocenters. The van der Waals surface area contributed by atoms with Gasteiger partial charge in [-0.15, -0.1) is 32.9 Å². The van der Waals surface area contributed by atoms with Crippen molar-refractivity contribution in [3.63, 3.8) is 0 Å². The molecular formula is C105H65N11S2. The minimum absolute atomic E-state index is 0.617. The second kappa shape index (κ2) is 30.8. The SMILES string of the molecule is c1ccc(-c2ccc(-c3ccc(-c4ccc(-c5nc(-c6ccccc6)nc(-c6ccccc6)n5)c5c4sc4ccccc45)cc3)nn2)cc1.c1ccc(-c2nc(-c3ccccc3)nc(-c3ccc(-c4ccc(-c5cccc(-c6nc(-c7ccc8ccccc8c7)nc(-c7cccc8ccccc78)n6)c5)c5c4sc4ccccc45)cc3)n2)cc1. The highest BCUT2D eigenvalue weighted by molar-refractivity contribution is 7.27. The van der Waals surface area contributed by atoms with Crippen molar-refractivity contribution >= 4 is 84.6 Å². The topological polar surface area (TPSA) is 142 Å². The molecule has 0 N–H and O–H groups in total. The minimum atomic E-state index is 0.617. The average molecular weight is 1540 g/mol. The standard InChI is InChI=1S/C62H38N6S.C43H27N5S/c1-3-17-42(18-4-1)57-63-58(43-19-5-2-6-20-43)65-59(64-57)44-32-30-41(31-33-44)51-36-35-50(55-53-26-11-12-28-54(53)69-56(51)55)46-23-13-24-47(38-46)60-66-61(48-34-29-39-15-7-8-21-45(39)37-48)68-62(67-60)52-27-14-22-40-16-9-10-25-49(40)52;1-4-12-29(13-5-1)36-26-27-37(48-47-36)30-22-20-28(21-23-30)33-24-25-35(39-34-18-10-11-19-38(34)49-40(33)39)43-45-41(31-14-6-2-7-15-31)44-42(46-43)32-16-8-3-9-17-32/h1-38H;1-27H. The van der Waals surface area contributed by atoms with Crippen LogP contribution >= 0.6 is 22.7 Å². The molecule has 6 heterocycles. The van der Waals surface area contributed by atoms with Crippen LogP contribution in [0.2, 0.25) is 0 Å². The largest absolute Gasteiger partial charge is 0.208 e. The Kier molecular flexibility index (Phi) is 18.4. The summed E-state index contributed by atoms with van der Waals surface area (Å²) in [5, 5.41) is 18.3. The first kappa shape index (κ1) is 70.5. The van der Waals surface area contributed by atoms with E-state index in [0.29, 0.717) is 52.4 Å². The van der Waals surface area contributed by atoms with Gasteiger partial charge in [0.25, 0.3) is 0 Å². The van der Waals surface area contributed by atoms with Crippen LogP contribution < -0.4 is 0 Å². The second-order valence-electron chi connectivity index (χ2n) is 28.8. The van der Waals surface area contributed by atoms with E-state index in [2.05, 4.69) is 241 Å². The molecule has 0 unspecified atom stereocenters. The van der Waals surface area contributed by atoms with E-state index in [-0.39, 0.29) is 0 Å². The molecular weight excluding hydrogens is 1480 g/mol. The number of rotatable bonds is 14. The summed E-state index contributed by atoms with van der Waals surface area (Å²) >= 11 is 3.63. The maximum absolute atomic E-state index is 5.24. The number of nitrogens with zero attached hydrogens (tertiary/aromatic N) is 11. The van der Waals surface area contributed by atoms with Crippen LogP contribution in [0.25, 0.3) is 220 Å². The molecule has 22 rings (SSSR count). The van der Waals surface area contributed by atoms with Gasteiger partial charge in [0.05, 0.1) is 11.4 Å². The highest BCUT2D eigenvalue weighted by Crippen LogP contribution is 2.48. The molecule has 0 fully saturated rings. The Morgan fingerprint density at radius 1 is 0.161 bits per heavy atom. The molecule has 0 radical (unpaired) electrons. The van der Waals surface area contributed by atoms with Crippen LogP contribution in [0.3, 0.4) is 0 Å². The lowest BCUT2D eigenvalue weighted by molar-refractivity contribution is 1.04. The molecule has 0 amide bonds. The molecule has 11 nitrogen and oxygen atoms in total. The van der Waals surface area contributed by atoms with E-state index in [1.807, 2.05) is 175 Å². The molecule has 0 saturated heterocycles. The van der Waals surface area contributed by atoms with E-state index >= 15 is 0 Å². The molecule has 22 aromatic rings. The highest BCUT2D eigenvalue weighted by Gasteiger charge is 2.24. The van der Waals surface area contributed by atoms with E-state index in [1.54, 1.807) is 11.3 Å². The fourth-order valence-corrected chi connectivity index (χ4v) is 18.1. The van der Waals surface area contributed by atoms with Gasteiger partial charge in [-0.1, -0.05) is 352 Å². The first-order valence-electron chi connectivity index (χ1n) is 39.0. The van der Waals surface area contributed by atoms with Crippen LogP contribution in [0.1, 0.15) is 0 Å². The Balaban J connectivity index is 0.000000156. The van der Waals surface area contributed by atoms with Gasteiger partial charge >= 0.3 is 0 Å². The van der Waals surface area contributed by atoms with Crippen molar-refractivity contribution in [2.45, 2.75) is 0 Å². The van der Waals surface area contributed by atoms with Crippen LogP contribution in [0.4, 0.5) is 0 Å². The van der Waals surface area contributed by atoms with Gasteiger partial charge in [-0.25, -0.2) is 44.9 Å². The molecule has 552 valence electrons. The molecule has 0 aliphatic rings. The van der Waals surface area contributed by atoms with Crippen molar-refractivity contribution in [3.05, 3.63) is 394 Å². The number of hydrogen-bond donors (Lipinski definition) is 0. The lowest BCUT2D eigenvalue weighted by Crippen LogP contribution is -2.00. The van der Waals surface area contributed by atoms with Gasteiger partial charge in [0.1, 0.15) is 0 Å². The summed E-state index contributed by atoms with van der Waals surface area (Å²) in [6, 6.07) is 136. The zero-order valence-corrected chi connectivity index (χ0v) is 64.9. The fraction of sp³-hybridized carbons (Fsp3) is 0. The summed E-state index contributed by atoms with van der Waals surface area (Å²) in [6.07, 6.45) is 0. The number of benzene rings is 16. The monoisotopic (exact) mass is 1540 g/mol. The van der Waals surface area contributed by atoms with E-state index < -0.39 is 0 Å². The van der Waals surface area contributed by atoms with Gasteiger partial charge in [0.2, 0.25) is 0 Å². The summed E-state index contributed by atoms with van der Waals surface area (Å²) < 4.78 is 4.87. The predicted octanol–water partition coefficient (Wildman–Crippen LogP) is 27.1. The Morgan fingerprint density at radius 2 is 0.475 bits per heavy atom. The van der Waals surface area contributed by atoms with E-state index in [4.69, 9.17) is 44.9 Å². The molecule has 118 heavy (non-hydrogen) atoms. The lowest BCUT2D eigenvalue weighted by atomic mass is 9.93. The molecule has 0 aliphatic carbocycles. The molecule has 0 spiro atoms. The van der Waals surface area contributed by atoms with Gasteiger partial charge in [-0.05, 0) is 97.4 Å². The van der Waals surface area contributed by atoms with Crippen molar-refractivity contribution in [1.82, 2.24) is 55.1 Å². The van der Waals surface area contributed by atoms with Gasteiger partial charge in [0.15, 0.2) is 52.4 Å². The number of thiophene rings is 2. The maximum atomic E-state index is 5.24. The molecule has 16 aromatic carbocycles. The van der Waals surface area contributed by atoms with E-state index in [9.17, 15) is 0 Å². The third kappa shape index (κ3) is 13.7. The first-order chi connectivity index (χ1) is 58.4. The third-order valence-electron chi connectivity index (χ3n) is 21.5. The smallest absolute Gasteiger partial charge is 0.164 e. The summed E-state index contributed by atoms with van der Waals surface area (Å²) in [5.41, 5.74) is 19.1.